The number of rotatable bonds is 3. The van der Waals surface area contributed by atoms with Gasteiger partial charge < -0.3 is 9.32 Å². The van der Waals surface area contributed by atoms with Crippen LogP contribution in [0.2, 0.25) is 0 Å². The molecule has 47 heavy (non-hydrogen) atoms. The summed E-state index contributed by atoms with van der Waals surface area (Å²) in [5.74, 6) is 0. The van der Waals surface area contributed by atoms with Gasteiger partial charge >= 0.3 is 0 Å². The molecule has 1 heterocycles. The standard InChI is InChI=1S/C45H31NO/c1-45(2)37-27-39(46(28-15-4-3-5-16-28)38-25-14-24-36-32-20-12-13-26-40(32)47-44(36)38)31-19-8-10-22-34(31)41(37)42-33-21-9-6-17-29(33)30-18-7-11-23-35(30)43(42)45/h3-27H,1-2H3. The molecule has 0 spiro atoms. The van der Waals surface area contributed by atoms with Crippen LogP contribution in [-0.4, -0.2) is 0 Å². The van der Waals surface area contributed by atoms with Crippen molar-refractivity contribution in [3.8, 4) is 11.1 Å². The molecule has 2 heteroatoms. The van der Waals surface area contributed by atoms with E-state index in [-0.39, 0.29) is 5.41 Å². The molecule has 10 rings (SSSR count). The van der Waals surface area contributed by atoms with Crippen LogP contribution < -0.4 is 4.90 Å². The van der Waals surface area contributed by atoms with E-state index in [9.17, 15) is 0 Å². The van der Waals surface area contributed by atoms with Gasteiger partial charge in [-0.1, -0.05) is 135 Å². The van der Waals surface area contributed by atoms with Crippen LogP contribution in [0.1, 0.15) is 25.0 Å². The van der Waals surface area contributed by atoms with E-state index >= 15 is 0 Å². The normalized spacial score (nSPS) is 13.5. The van der Waals surface area contributed by atoms with Crippen molar-refractivity contribution in [1.82, 2.24) is 0 Å². The lowest BCUT2D eigenvalue weighted by atomic mass is 9.79. The topological polar surface area (TPSA) is 16.4 Å². The Morgan fingerprint density at radius 1 is 0.447 bits per heavy atom. The Labute approximate surface area is 273 Å². The largest absolute Gasteiger partial charge is 0.454 e. The monoisotopic (exact) mass is 601 g/mol. The maximum Gasteiger partial charge on any atom is 0.159 e. The minimum atomic E-state index is -0.235. The highest BCUT2D eigenvalue weighted by atomic mass is 16.3. The predicted octanol–water partition coefficient (Wildman–Crippen LogP) is 12.8. The van der Waals surface area contributed by atoms with Crippen LogP contribution >= 0.6 is 0 Å². The zero-order valence-corrected chi connectivity index (χ0v) is 26.3. The van der Waals surface area contributed by atoms with Crippen LogP contribution in [0.5, 0.6) is 0 Å². The molecule has 0 fully saturated rings. The van der Waals surface area contributed by atoms with Gasteiger partial charge in [-0.25, -0.2) is 0 Å². The third-order valence-electron chi connectivity index (χ3n) is 10.4. The average molecular weight is 602 g/mol. The summed E-state index contributed by atoms with van der Waals surface area (Å²) in [5, 5.41) is 10.0. The van der Waals surface area contributed by atoms with Crippen molar-refractivity contribution in [3.05, 3.63) is 163 Å². The minimum absolute atomic E-state index is 0.235. The summed E-state index contributed by atoms with van der Waals surface area (Å²) in [4.78, 5) is 2.41. The van der Waals surface area contributed by atoms with Crippen LogP contribution in [0, 0.1) is 0 Å². The zero-order chi connectivity index (χ0) is 31.3. The maximum atomic E-state index is 6.66. The summed E-state index contributed by atoms with van der Waals surface area (Å²) < 4.78 is 6.66. The van der Waals surface area contributed by atoms with Gasteiger partial charge in [-0.05, 0) is 79.5 Å². The van der Waals surface area contributed by atoms with Crippen molar-refractivity contribution in [2.75, 3.05) is 4.90 Å². The summed E-state index contributed by atoms with van der Waals surface area (Å²) in [7, 11) is 0. The summed E-state index contributed by atoms with van der Waals surface area (Å²) >= 11 is 0. The lowest BCUT2D eigenvalue weighted by Crippen LogP contribution is -2.17. The number of furan rings is 1. The molecule has 0 amide bonds. The molecule has 222 valence electrons. The minimum Gasteiger partial charge on any atom is -0.454 e. The molecule has 8 aromatic carbocycles. The Balaban J connectivity index is 1.35. The van der Waals surface area contributed by atoms with Crippen LogP contribution in [0.3, 0.4) is 0 Å². The van der Waals surface area contributed by atoms with E-state index in [2.05, 4.69) is 164 Å². The van der Waals surface area contributed by atoms with Gasteiger partial charge in [0.25, 0.3) is 0 Å². The fourth-order valence-electron chi connectivity index (χ4n) is 8.38. The zero-order valence-electron chi connectivity index (χ0n) is 26.3. The van der Waals surface area contributed by atoms with Gasteiger partial charge in [-0.2, -0.15) is 0 Å². The quantitative estimate of drug-likeness (QED) is 0.187. The first kappa shape index (κ1) is 26.4. The van der Waals surface area contributed by atoms with Crippen LogP contribution in [0.25, 0.3) is 65.4 Å². The lowest BCUT2D eigenvalue weighted by Gasteiger charge is -2.30. The van der Waals surface area contributed by atoms with Crippen molar-refractivity contribution in [2.24, 2.45) is 0 Å². The molecule has 0 aliphatic heterocycles. The van der Waals surface area contributed by atoms with Gasteiger partial charge in [0.15, 0.2) is 5.58 Å². The highest BCUT2D eigenvalue weighted by molar-refractivity contribution is 6.23. The number of hydrogen-bond acceptors (Lipinski definition) is 2. The third-order valence-corrected chi connectivity index (χ3v) is 10.4. The lowest BCUT2D eigenvalue weighted by molar-refractivity contribution is 0.666. The van der Waals surface area contributed by atoms with Gasteiger partial charge in [-0.3, -0.25) is 0 Å². The average Bonchev–Trinajstić information content (AvgIpc) is 3.62. The van der Waals surface area contributed by atoms with Gasteiger partial charge in [0.05, 0.1) is 11.4 Å². The molecular weight excluding hydrogens is 571 g/mol. The predicted molar refractivity (Wildman–Crippen MR) is 198 cm³/mol. The van der Waals surface area contributed by atoms with Crippen LogP contribution in [0.15, 0.2) is 156 Å². The van der Waals surface area contributed by atoms with E-state index < -0.39 is 0 Å². The summed E-state index contributed by atoms with van der Waals surface area (Å²) in [5.41, 5.74) is 10.3. The Kier molecular flexibility index (Phi) is 5.37. The molecule has 0 unspecified atom stereocenters. The molecule has 2 nitrogen and oxygen atoms in total. The second-order valence-electron chi connectivity index (χ2n) is 13.3. The first-order chi connectivity index (χ1) is 23.1. The SMILES string of the molecule is CC1(C)c2cc(N(c3ccccc3)c3cccc4c3oc3ccccc34)c3ccccc3c2-c2c1c1ccccc1c1ccccc21. The summed E-state index contributed by atoms with van der Waals surface area (Å²) in [6.45, 7) is 4.81. The molecule has 1 aliphatic rings. The molecule has 1 aliphatic carbocycles. The van der Waals surface area contributed by atoms with Gasteiger partial charge in [0.2, 0.25) is 0 Å². The Hall–Kier alpha value is -5.86. The Bertz CT molecular complexity index is 2720. The molecule has 1 aromatic heterocycles. The second-order valence-corrected chi connectivity index (χ2v) is 13.3. The molecule has 0 saturated heterocycles. The first-order valence-corrected chi connectivity index (χ1v) is 16.4. The Morgan fingerprint density at radius 2 is 1.00 bits per heavy atom. The fraction of sp³-hybridized carbons (Fsp3) is 0.0667. The number of para-hydroxylation sites is 3. The van der Waals surface area contributed by atoms with Gasteiger partial charge in [0, 0.05) is 27.3 Å². The van der Waals surface area contributed by atoms with E-state index in [0.717, 1.165) is 39.0 Å². The number of fused-ring (bicyclic) bond motifs is 13. The van der Waals surface area contributed by atoms with E-state index in [1.165, 1.54) is 54.6 Å². The molecule has 0 radical (unpaired) electrons. The first-order valence-electron chi connectivity index (χ1n) is 16.4. The molecular formula is C45H31NO. The van der Waals surface area contributed by atoms with Crippen molar-refractivity contribution in [2.45, 2.75) is 19.3 Å². The maximum absolute atomic E-state index is 6.66. The second kappa shape index (κ2) is 9.57. The van der Waals surface area contributed by atoms with Crippen LogP contribution in [0.4, 0.5) is 17.1 Å². The van der Waals surface area contributed by atoms with Crippen LogP contribution in [-0.2, 0) is 5.41 Å². The highest BCUT2D eigenvalue weighted by Crippen LogP contribution is 2.58. The van der Waals surface area contributed by atoms with Crippen molar-refractivity contribution in [3.63, 3.8) is 0 Å². The number of benzene rings is 8. The molecule has 0 N–H and O–H groups in total. The number of hydrogen-bond donors (Lipinski definition) is 0. The summed E-state index contributed by atoms with van der Waals surface area (Å²) in [6.07, 6.45) is 0. The fourth-order valence-corrected chi connectivity index (χ4v) is 8.38. The van der Waals surface area contributed by atoms with E-state index in [1.807, 2.05) is 6.07 Å². The molecule has 0 saturated carbocycles. The smallest absolute Gasteiger partial charge is 0.159 e. The summed E-state index contributed by atoms with van der Waals surface area (Å²) in [6, 6.07) is 54.9. The van der Waals surface area contributed by atoms with E-state index in [1.54, 1.807) is 0 Å². The molecule has 9 aromatic rings. The van der Waals surface area contributed by atoms with Gasteiger partial charge in [-0.15, -0.1) is 0 Å². The van der Waals surface area contributed by atoms with E-state index in [4.69, 9.17) is 4.42 Å². The van der Waals surface area contributed by atoms with Crippen molar-refractivity contribution >= 4 is 71.3 Å². The number of anilines is 3. The van der Waals surface area contributed by atoms with Gasteiger partial charge in [0.1, 0.15) is 5.58 Å². The van der Waals surface area contributed by atoms with Crippen molar-refractivity contribution in [1.29, 1.82) is 0 Å². The highest BCUT2D eigenvalue weighted by Gasteiger charge is 2.40. The third kappa shape index (κ3) is 3.56. The Morgan fingerprint density at radius 3 is 1.74 bits per heavy atom. The molecule has 0 bridgehead atoms. The molecule has 0 atom stereocenters. The van der Waals surface area contributed by atoms with Crippen molar-refractivity contribution < 1.29 is 4.42 Å². The number of nitrogens with zero attached hydrogens (tertiary/aromatic N) is 1. The van der Waals surface area contributed by atoms with E-state index in [0.29, 0.717) is 0 Å².